The fourth-order valence-electron chi connectivity index (χ4n) is 3.29. The summed E-state index contributed by atoms with van der Waals surface area (Å²) in [6.45, 7) is 12.6. The van der Waals surface area contributed by atoms with Gasteiger partial charge in [-0.1, -0.05) is 44.9 Å². The third-order valence-electron chi connectivity index (χ3n) is 4.85. The van der Waals surface area contributed by atoms with Crippen molar-refractivity contribution in [2.24, 2.45) is 5.92 Å². The highest BCUT2D eigenvalue weighted by Crippen LogP contribution is 2.28. The van der Waals surface area contributed by atoms with Crippen LogP contribution in [0.3, 0.4) is 0 Å². The molecule has 0 bridgehead atoms. The molecule has 1 aliphatic rings. The second kappa shape index (κ2) is 7.84. The minimum atomic E-state index is 0.599. The van der Waals surface area contributed by atoms with Crippen molar-refractivity contribution in [1.29, 1.82) is 0 Å². The van der Waals surface area contributed by atoms with Crippen molar-refractivity contribution in [1.82, 2.24) is 5.32 Å². The van der Waals surface area contributed by atoms with Gasteiger partial charge >= 0.3 is 0 Å². The first-order chi connectivity index (χ1) is 10.2. The summed E-state index contributed by atoms with van der Waals surface area (Å²) in [5.74, 6) is 0.729. The Hall–Kier alpha value is -1.02. The number of rotatable bonds is 7. The molecule has 0 aliphatic carbocycles. The number of fused-ring (bicyclic) bond motifs is 1. The maximum absolute atomic E-state index is 3.77. The first-order valence-corrected chi connectivity index (χ1v) is 8.73. The van der Waals surface area contributed by atoms with Gasteiger partial charge < -0.3 is 10.2 Å². The van der Waals surface area contributed by atoms with E-state index < -0.39 is 0 Å². The smallest absolute Gasteiger partial charge is 0.0399 e. The first kappa shape index (κ1) is 16.4. The summed E-state index contributed by atoms with van der Waals surface area (Å²) in [7, 11) is 0. The van der Waals surface area contributed by atoms with Gasteiger partial charge in [-0.25, -0.2) is 0 Å². The normalized spacial score (nSPS) is 17.4. The zero-order valence-electron chi connectivity index (χ0n) is 14.3. The standard InChI is InChI=1S/C19H32N2/c1-5-11-20-18(16(4)6-2)14-21-12-7-8-17-13-15(3)9-10-19(17)21/h9-10,13,16,18,20H,5-8,11-12,14H2,1-4H3. The van der Waals surface area contributed by atoms with Crippen molar-refractivity contribution in [3.05, 3.63) is 29.3 Å². The lowest BCUT2D eigenvalue weighted by Crippen LogP contribution is -2.46. The Bertz CT molecular complexity index is 441. The lowest BCUT2D eigenvalue weighted by molar-refractivity contribution is 0.364. The topological polar surface area (TPSA) is 15.3 Å². The third-order valence-corrected chi connectivity index (χ3v) is 4.85. The van der Waals surface area contributed by atoms with Crippen molar-refractivity contribution in [2.45, 2.75) is 59.4 Å². The molecule has 0 saturated carbocycles. The minimum absolute atomic E-state index is 0.599. The number of hydrogen-bond acceptors (Lipinski definition) is 2. The van der Waals surface area contributed by atoms with Gasteiger partial charge in [0.05, 0.1) is 0 Å². The molecule has 1 heterocycles. The molecule has 1 aromatic rings. The van der Waals surface area contributed by atoms with Crippen LogP contribution in [0.25, 0.3) is 0 Å². The van der Waals surface area contributed by atoms with Crippen molar-refractivity contribution in [3.8, 4) is 0 Å². The molecule has 21 heavy (non-hydrogen) atoms. The molecular weight excluding hydrogens is 256 g/mol. The Kier molecular flexibility index (Phi) is 6.10. The van der Waals surface area contributed by atoms with Crippen molar-refractivity contribution >= 4 is 5.69 Å². The number of anilines is 1. The van der Waals surface area contributed by atoms with E-state index in [9.17, 15) is 0 Å². The van der Waals surface area contributed by atoms with Crippen LogP contribution >= 0.6 is 0 Å². The van der Waals surface area contributed by atoms with Gasteiger partial charge in [-0.15, -0.1) is 0 Å². The van der Waals surface area contributed by atoms with E-state index in [-0.39, 0.29) is 0 Å². The van der Waals surface area contributed by atoms with Crippen LogP contribution in [-0.4, -0.2) is 25.7 Å². The van der Waals surface area contributed by atoms with Crippen LogP contribution in [0.1, 0.15) is 51.2 Å². The monoisotopic (exact) mass is 288 g/mol. The Balaban J connectivity index is 2.11. The largest absolute Gasteiger partial charge is 0.370 e. The summed E-state index contributed by atoms with van der Waals surface area (Å²) in [5, 5.41) is 3.77. The summed E-state index contributed by atoms with van der Waals surface area (Å²) >= 11 is 0. The molecule has 0 amide bonds. The second-order valence-electron chi connectivity index (χ2n) is 6.63. The Morgan fingerprint density at radius 1 is 1.29 bits per heavy atom. The summed E-state index contributed by atoms with van der Waals surface area (Å²) in [6, 6.07) is 7.56. The van der Waals surface area contributed by atoms with E-state index in [2.05, 4.69) is 56.1 Å². The molecule has 1 aliphatic heterocycles. The van der Waals surface area contributed by atoms with Crippen molar-refractivity contribution in [3.63, 3.8) is 0 Å². The molecular formula is C19H32N2. The summed E-state index contributed by atoms with van der Waals surface area (Å²) in [4.78, 5) is 2.61. The van der Waals surface area contributed by atoms with Gasteiger partial charge in [0.15, 0.2) is 0 Å². The SMILES string of the molecule is CCCNC(CN1CCCc2cc(C)ccc21)C(C)CC. The number of benzene rings is 1. The van der Waals surface area contributed by atoms with Crippen LogP contribution in [-0.2, 0) is 6.42 Å². The average molecular weight is 288 g/mol. The fraction of sp³-hybridized carbons (Fsp3) is 0.684. The van der Waals surface area contributed by atoms with E-state index in [1.54, 1.807) is 5.56 Å². The molecule has 1 N–H and O–H groups in total. The molecule has 0 aromatic heterocycles. The Morgan fingerprint density at radius 2 is 2.10 bits per heavy atom. The highest BCUT2D eigenvalue weighted by atomic mass is 15.2. The van der Waals surface area contributed by atoms with Crippen molar-refractivity contribution < 1.29 is 0 Å². The van der Waals surface area contributed by atoms with E-state index >= 15 is 0 Å². The van der Waals surface area contributed by atoms with Gasteiger partial charge in [0, 0.05) is 24.8 Å². The van der Waals surface area contributed by atoms with E-state index in [0.29, 0.717) is 6.04 Å². The van der Waals surface area contributed by atoms with Crippen LogP contribution in [0.2, 0.25) is 0 Å². The maximum atomic E-state index is 3.77. The van der Waals surface area contributed by atoms with E-state index in [4.69, 9.17) is 0 Å². The predicted molar refractivity (Wildman–Crippen MR) is 93.2 cm³/mol. The molecule has 118 valence electrons. The molecule has 0 radical (unpaired) electrons. The van der Waals surface area contributed by atoms with Gasteiger partial charge in [-0.05, 0) is 50.3 Å². The quantitative estimate of drug-likeness (QED) is 0.810. The van der Waals surface area contributed by atoms with Crippen LogP contribution in [0.15, 0.2) is 18.2 Å². The van der Waals surface area contributed by atoms with Gasteiger partial charge in [-0.3, -0.25) is 0 Å². The fourth-order valence-corrected chi connectivity index (χ4v) is 3.29. The molecule has 2 heteroatoms. The zero-order valence-corrected chi connectivity index (χ0v) is 14.3. The van der Waals surface area contributed by atoms with Crippen LogP contribution < -0.4 is 10.2 Å². The van der Waals surface area contributed by atoms with Crippen LogP contribution in [0.4, 0.5) is 5.69 Å². The van der Waals surface area contributed by atoms with E-state index in [0.717, 1.165) is 19.0 Å². The minimum Gasteiger partial charge on any atom is -0.370 e. The highest BCUT2D eigenvalue weighted by molar-refractivity contribution is 5.56. The molecule has 2 unspecified atom stereocenters. The summed E-state index contributed by atoms with van der Waals surface area (Å²) in [6.07, 6.45) is 4.99. The van der Waals surface area contributed by atoms with Gasteiger partial charge in [0.2, 0.25) is 0 Å². The predicted octanol–water partition coefficient (Wildman–Crippen LogP) is 4.16. The molecule has 2 atom stereocenters. The Labute approximate surface area is 130 Å². The second-order valence-corrected chi connectivity index (χ2v) is 6.63. The molecule has 2 nitrogen and oxygen atoms in total. The van der Waals surface area contributed by atoms with Gasteiger partial charge in [-0.2, -0.15) is 0 Å². The van der Waals surface area contributed by atoms with Crippen LogP contribution in [0, 0.1) is 12.8 Å². The highest BCUT2D eigenvalue weighted by Gasteiger charge is 2.22. The zero-order chi connectivity index (χ0) is 15.2. The molecule has 2 rings (SSSR count). The Morgan fingerprint density at radius 3 is 2.81 bits per heavy atom. The number of aryl methyl sites for hydroxylation is 2. The average Bonchev–Trinajstić information content (AvgIpc) is 2.50. The maximum Gasteiger partial charge on any atom is 0.0399 e. The number of hydrogen-bond donors (Lipinski definition) is 1. The lowest BCUT2D eigenvalue weighted by Gasteiger charge is -2.36. The summed E-state index contributed by atoms with van der Waals surface area (Å²) < 4.78 is 0. The summed E-state index contributed by atoms with van der Waals surface area (Å²) in [5.41, 5.74) is 4.40. The molecule has 0 fully saturated rings. The van der Waals surface area contributed by atoms with E-state index in [1.165, 1.54) is 43.5 Å². The lowest BCUT2D eigenvalue weighted by atomic mass is 9.95. The number of nitrogens with zero attached hydrogens (tertiary/aromatic N) is 1. The molecule has 0 saturated heterocycles. The third kappa shape index (κ3) is 4.23. The van der Waals surface area contributed by atoms with Crippen molar-refractivity contribution in [2.75, 3.05) is 24.5 Å². The first-order valence-electron chi connectivity index (χ1n) is 8.73. The van der Waals surface area contributed by atoms with Gasteiger partial charge in [0.1, 0.15) is 0 Å². The van der Waals surface area contributed by atoms with Gasteiger partial charge in [0.25, 0.3) is 0 Å². The molecule has 0 spiro atoms. The molecule has 1 aromatic carbocycles. The van der Waals surface area contributed by atoms with Crippen LogP contribution in [0.5, 0.6) is 0 Å². The van der Waals surface area contributed by atoms with E-state index in [1.807, 2.05) is 0 Å². The number of nitrogens with one attached hydrogen (secondary N) is 1.